The van der Waals surface area contributed by atoms with Gasteiger partial charge in [-0.25, -0.2) is 0 Å². The number of rotatable bonds is 21. The van der Waals surface area contributed by atoms with Gasteiger partial charge in [0.1, 0.15) is 5.78 Å². The van der Waals surface area contributed by atoms with E-state index in [0.29, 0.717) is 18.6 Å². The molecule has 0 saturated carbocycles. The molecule has 0 aromatic carbocycles. The topological polar surface area (TPSA) is 54.4 Å². The lowest BCUT2D eigenvalue weighted by Gasteiger charge is -2.01. The third-order valence-corrected chi connectivity index (χ3v) is 5.08. The highest BCUT2D eigenvalue weighted by Crippen LogP contribution is 2.11. The van der Waals surface area contributed by atoms with E-state index in [4.69, 9.17) is 5.11 Å². The molecule has 0 atom stereocenters. The van der Waals surface area contributed by atoms with Gasteiger partial charge < -0.3 is 5.11 Å². The van der Waals surface area contributed by atoms with Crippen molar-refractivity contribution in [1.82, 2.24) is 0 Å². The van der Waals surface area contributed by atoms with Crippen molar-refractivity contribution in [2.75, 3.05) is 0 Å². The first-order valence-electron chi connectivity index (χ1n) is 11.5. The molecule has 0 aromatic rings. The van der Waals surface area contributed by atoms with Crippen molar-refractivity contribution in [3.63, 3.8) is 0 Å². The minimum absolute atomic E-state index is 0.268. The van der Waals surface area contributed by atoms with Crippen LogP contribution in [0.5, 0.6) is 0 Å². The highest BCUT2D eigenvalue weighted by molar-refractivity contribution is 5.78. The summed E-state index contributed by atoms with van der Waals surface area (Å²) < 4.78 is 0. The van der Waals surface area contributed by atoms with Crippen LogP contribution in [0.15, 0.2) is 12.2 Å². The summed E-state index contributed by atoms with van der Waals surface area (Å²) in [4.78, 5) is 22.2. The van der Waals surface area contributed by atoms with Crippen LogP contribution in [0.2, 0.25) is 0 Å². The molecule has 0 aliphatic heterocycles. The normalized spacial score (nSPS) is 11.3. The molecule has 3 heteroatoms. The molecule has 0 rings (SSSR count). The predicted molar refractivity (Wildman–Crippen MR) is 115 cm³/mol. The Hall–Kier alpha value is -1.12. The van der Waals surface area contributed by atoms with E-state index >= 15 is 0 Å². The molecule has 27 heavy (non-hydrogen) atoms. The van der Waals surface area contributed by atoms with Crippen LogP contribution in [0.4, 0.5) is 0 Å². The first kappa shape index (κ1) is 25.9. The average molecular weight is 381 g/mol. The minimum Gasteiger partial charge on any atom is -0.481 e. The van der Waals surface area contributed by atoms with Crippen molar-refractivity contribution in [1.29, 1.82) is 0 Å². The van der Waals surface area contributed by atoms with Crippen LogP contribution >= 0.6 is 0 Å². The molecular formula is C24H44O3. The lowest BCUT2D eigenvalue weighted by molar-refractivity contribution is -0.137. The summed E-state index contributed by atoms with van der Waals surface area (Å²) in [5, 5.41) is 8.56. The Morgan fingerprint density at radius 1 is 0.593 bits per heavy atom. The molecule has 158 valence electrons. The summed E-state index contributed by atoms with van der Waals surface area (Å²) in [7, 11) is 0. The number of allylic oxidation sites excluding steroid dienone is 2. The summed E-state index contributed by atoms with van der Waals surface area (Å²) in [5.74, 6) is -0.343. The fourth-order valence-corrected chi connectivity index (χ4v) is 3.31. The van der Waals surface area contributed by atoms with Crippen molar-refractivity contribution < 1.29 is 14.7 Å². The Kier molecular flexibility index (Phi) is 20.3. The molecule has 0 unspecified atom stereocenters. The summed E-state index contributed by atoms with van der Waals surface area (Å²) in [6.07, 6.45) is 25.2. The van der Waals surface area contributed by atoms with Crippen molar-refractivity contribution in [2.45, 2.75) is 129 Å². The van der Waals surface area contributed by atoms with Gasteiger partial charge in [-0.2, -0.15) is 0 Å². The van der Waals surface area contributed by atoms with Gasteiger partial charge in [-0.1, -0.05) is 89.7 Å². The Labute approximate surface area is 168 Å². The molecular weight excluding hydrogens is 336 g/mol. The monoisotopic (exact) mass is 380 g/mol. The van der Waals surface area contributed by atoms with E-state index in [-0.39, 0.29) is 6.42 Å². The van der Waals surface area contributed by atoms with Crippen LogP contribution in [0, 0.1) is 0 Å². The van der Waals surface area contributed by atoms with E-state index < -0.39 is 5.97 Å². The van der Waals surface area contributed by atoms with Crippen LogP contribution in [-0.2, 0) is 9.59 Å². The fourth-order valence-electron chi connectivity index (χ4n) is 3.31. The first-order chi connectivity index (χ1) is 13.2. The zero-order valence-corrected chi connectivity index (χ0v) is 17.9. The van der Waals surface area contributed by atoms with E-state index in [1.165, 1.54) is 57.8 Å². The Bertz CT molecular complexity index is 374. The molecule has 0 saturated heterocycles. The quantitative estimate of drug-likeness (QED) is 0.164. The van der Waals surface area contributed by atoms with Gasteiger partial charge >= 0.3 is 5.97 Å². The summed E-state index contributed by atoms with van der Waals surface area (Å²) in [6, 6.07) is 0. The zero-order valence-electron chi connectivity index (χ0n) is 17.9. The number of carbonyl (C=O) groups is 2. The standard InChI is InChI=1S/C24H44O3/c1-2-3-4-5-6-7-8-9-10-11-12-14-17-20-23(25)21-18-15-13-16-19-22-24(26)27/h12,14H,2-11,13,15-22H2,1H3,(H,26,27). The fraction of sp³-hybridized carbons (Fsp3) is 0.833. The molecule has 0 bridgehead atoms. The second kappa shape index (κ2) is 21.2. The van der Waals surface area contributed by atoms with E-state index in [1.54, 1.807) is 0 Å². The molecule has 0 heterocycles. The van der Waals surface area contributed by atoms with E-state index in [2.05, 4.69) is 19.1 Å². The van der Waals surface area contributed by atoms with Crippen LogP contribution < -0.4 is 0 Å². The van der Waals surface area contributed by atoms with Gasteiger partial charge in [0, 0.05) is 19.3 Å². The van der Waals surface area contributed by atoms with Crippen LogP contribution in [0.3, 0.4) is 0 Å². The Balaban J connectivity index is 3.26. The third kappa shape index (κ3) is 22.8. The maximum Gasteiger partial charge on any atom is 0.303 e. The number of Topliss-reactive ketones (excluding diaryl/α,β-unsaturated/α-hetero) is 1. The number of hydrogen-bond donors (Lipinski definition) is 1. The summed E-state index contributed by atoms with van der Waals surface area (Å²) in [6.45, 7) is 2.26. The van der Waals surface area contributed by atoms with E-state index in [1.807, 2.05) is 0 Å². The van der Waals surface area contributed by atoms with Crippen molar-refractivity contribution in [3.8, 4) is 0 Å². The Morgan fingerprint density at radius 3 is 1.67 bits per heavy atom. The SMILES string of the molecule is CCCCCCCCCCCC=CCCC(=O)CCCCCCCC(=O)O. The highest BCUT2D eigenvalue weighted by atomic mass is 16.4. The first-order valence-corrected chi connectivity index (χ1v) is 11.5. The van der Waals surface area contributed by atoms with Gasteiger partial charge in [-0.3, -0.25) is 9.59 Å². The molecule has 1 N–H and O–H groups in total. The molecule has 0 amide bonds. The highest BCUT2D eigenvalue weighted by Gasteiger charge is 2.01. The van der Waals surface area contributed by atoms with Crippen molar-refractivity contribution in [3.05, 3.63) is 12.2 Å². The molecule has 0 aliphatic rings. The van der Waals surface area contributed by atoms with E-state index in [9.17, 15) is 9.59 Å². The molecule has 3 nitrogen and oxygen atoms in total. The lowest BCUT2D eigenvalue weighted by atomic mass is 10.0. The van der Waals surface area contributed by atoms with Crippen LogP contribution in [0.1, 0.15) is 129 Å². The van der Waals surface area contributed by atoms with Crippen LogP contribution in [0.25, 0.3) is 0 Å². The molecule has 0 aliphatic carbocycles. The molecule has 0 spiro atoms. The van der Waals surface area contributed by atoms with Gasteiger partial charge in [0.2, 0.25) is 0 Å². The van der Waals surface area contributed by atoms with Gasteiger partial charge in [-0.15, -0.1) is 0 Å². The molecule has 0 radical (unpaired) electrons. The largest absolute Gasteiger partial charge is 0.481 e. The summed E-state index contributed by atoms with van der Waals surface area (Å²) in [5.41, 5.74) is 0. The predicted octanol–water partition coefficient (Wildman–Crippen LogP) is 7.63. The molecule has 0 aromatic heterocycles. The maximum absolute atomic E-state index is 11.8. The van der Waals surface area contributed by atoms with Gasteiger partial charge in [-0.05, 0) is 32.1 Å². The maximum atomic E-state index is 11.8. The molecule has 0 fully saturated rings. The number of hydrogen-bond acceptors (Lipinski definition) is 2. The number of aliphatic carboxylic acids is 1. The summed E-state index contributed by atoms with van der Waals surface area (Å²) >= 11 is 0. The van der Waals surface area contributed by atoms with Gasteiger partial charge in [0.15, 0.2) is 0 Å². The van der Waals surface area contributed by atoms with E-state index in [0.717, 1.165) is 44.9 Å². The average Bonchev–Trinajstić information content (AvgIpc) is 2.64. The Morgan fingerprint density at radius 2 is 1.07 bits per heavy atom. The number of ketones is 1. The lowest BCUT2D eigenvalue weighted by Crippen LogP contribution is -1.97. The van der Waals surface area contributed by atoms with Gasteiger partial charge in [0.25, 0.3) is 0 Å². The number of carboxylic acid groups (broad SMARTS) is 1. The number of unbranched alkanes of at least 4 members (excludes halogenated alkanes) is 13. The smallest absolute Gasteiger partial charge is 0.303 e. The van der Waals surface area contributed by atoms with Crippen molar-refractivity contribution in [2.24, 2.45) is 0 Å². The van der Waals surface area contributed by atoms with Crippen molar-refractivity contribution >= 4 is 11.8 Å². The second-order valence-electron chi connectivity index (χ2n) is 7.83. The van der Waals surface area contributed by atoms with Crippen LogP contribution in [-0.4, -0.2) is 16.9 Å². The second-order valence-corrected chi connectivity index (χ2v) is 7.83. The minimum atomic E-state index is -0.712. The zero-order chi connectivity index (χ0) is 20.0. The number of carbonyl (C=O) groups excluding carboxylic acids is 1. The number of carboxylic acids is 1. The van der Waals surface area contributed by atoms with Gasteiger partial charge in [0.05, 0.1) is 0 Å². The third-order valence-electron chi connectivity index (χ3n) is 5.08.